The van der Waals surface area contributed by atoms with Crippen molar-refractivity contribution < 1.29 is 36.3 Å². The average Bonchev–Trinajstić information content (AvgIpc) is 2.84. The first-order valence-electron chi connectivity index (χ1n) is 11.0. The molecule has 10 nitrogen and oxygen atoms in total. The van der Waals surface area contributed by atoms with E-state index in [0.717, 1.165) is 12.1 Å². The Morgan fingerprint density at radius 3 is 2.53 bits per heavy atom. The molecule has 3 rings (SSSR count). The quantitative estimate of drug-likeness (QED) is 0.517. The summed E-state index contributed by atoms with van der Waals surface area (Å²) in [6, 6.07) is 5.84. The highest BCUT2D eigenvalue weighted by Gasteiger charge is 2.30. The van der Waals surface area contributed by atoms with E-state index in [1.807, 2.05) is 10.8 Å². The van der Waals surface area contributed by atoms with Gasteiger partial charge in [-0.2, -0.15) is 10.2 Å². The molecule has 2 heterocycles. The SMILES string of the molecule is CCOC(=O)c1cc(C#N)c(N2CCC(C(=O)NS(=O)(=O)Cc3ccc(F)cc3F)CC2)nc1OC. The standard InChI is InChI=1S/C23H24F2N4O6S/c1-3-35-23(31)18-10-16(12-26)20(27-22(18)34-2)29-8-6-14(7-9-29)21(30)28-36(32,33)13-15-4-5-17(24)11-19(15)25/h4-5,10-11,14H,3,6-9,13H2,1-2H3,(H,28,30). The van der Waals surface area contributed by atoms with Crippen LogP contribution >= 0.6 is 0 Å². The van der Waals surface area contributed by atoms with Crippen LogP contribution in [0.1, 0.15) is 41.3 Å². The molecular weight excluding hydrogens is 498 g/mol. The van der Waals surface area contributed by atoms with Crippen LogP contribution in [0.3, 0.4) is 0 Å². The van der Waals surface area contributed by atoms with Gasteiger partial charge in [0, 0.05) is 30.6 Å². The van der Waals surface area contributed by atoms with Crippen LogP contribution in [0.15, 0.2) is 24.3 Å². The van der Waals surface area contributed by atoms with Gasteiger partial charge in [-0.25, -0.2) is 22.0 Å². The predicted molar refractivity (Wildman–Crippen MR) is 124 cm³/mol. The summed E-state index contributed by atoms with van der Waals surface area (Å²) < 4.78 is 63.7. The van der Waals surface area contributed by atoms with Crippen LogP contribution in [0, 0.1) is 28.9 Å². The molecule has 1 aliphatic rings. The second kappa shape index (κ2) is 11.3. The van der Waals surface area contributed by atoms with E-state index >= 15 is 0 Å². The fourth-order valence-electron chi connectivity index (χ4n) is 3.79. The van der Waals surface area contributed by atoms with Crippen LogP contribution in [-0.2, 0) is 25.3 Å². The van der Waals surface area contributed by atoms with Gasteiger partial charge >= 0.3 is 5.97 Å². The number of aromatic nitrogens is 1. The lowest BCUT2D eigenvalue weighted by Gasteiger charge is -2.32. The number of piperidine rings is 1. The molecule has 0 radical (unpaired) electrons. The van der Waals surface area contributed by atoms with Crippen LogP contribution in [0.5, 0.6) is 5.88 Å². The van der Waals surface area contributed by atoms with Crippen LogP contribution in [0.2, 0.25) is 0 Å². The highest BCUT2D eigenvalue weighted by Crippen LogP contribution is 2.29. The van der Waals surface area contributed by atoms with Gasteiger partial charge in [-0.1, -0.05) is 6.07 Å². The van der Waals surface area contributed by atoms with Gasteiger partial charge in [0.2, 0.25) is 21.8 Å². The lowest BCUT2D eigenvalue weighted by atomic mass is 9.96. The minimum atomic E-state index is -4.21. The summed E-state index contributed by atoms with van der Waals surface area (Å²) in [5, 5.41) is 9.58. The van der Waals surface area contributed by atoms with Gasteiger partial charge < -0.3 is 14.4 Å². The number of sulfonamides is 1. The smallest absolute Gasteiger partial charge is 0.343 e. The highest BCUT2D eigenvalue weighted by molar-refractivity contribution is 7.89. The molecule has 1 fully saturated rings. The third-order valence-corrected chi connectivity index (χ3v) is 6.76. The Balaban J connectivity index is 1.68. The summed E-state index contributed by atoms with van der Waals surface area (Å²) in [6.45, 7) is 2.32. The van der Waals surface area contributed by atoms with Gasteiger partial charge in [0.1, 0.15) is 23.3 Å². The van der Waals surface area contributed by atoms with Gasteiger partial charge in [-0.3, -0.25) is 9.52 Å². The lowest BCUT2D eigenvalue weighted by Crippen LogP contribution is -2.43. The van der Waals surface area contributed by atoms with Gasteiger partial charge in [0.15, 0.2) is 5.82 Å². The summed E-state index contributed by atoms with van der Waals surface area (Å²) in [7, 11) is -2.88. The Bertz CT molecular complexity index is 1300. The van der Waals surface area contributed by atoms with Crippen molar-refractivity contribution >= 4 is 27.7 Å². The maximum atomic E-state index is 13.8. The van der Waals surface area contributed by atoms with Crippen molar-refractivity contribution in [3.63, 3.8) is 0 Å². The van der Waals surface area contributed by atoms with Gasteiger partial charge in [0.25, 0.3) is 0 Å². The van der Waals surface area contributed by atoms with Crippen LogP contribution in [-0.4, -0.2) is 52.1 Å². The zero-order chi connectivity index (χ0) is 26.5. The molecule has 0 saturated carbocycles. The third-order valence-electron chi connectivity index (χ3n) is 5.56. The number of nitrogens with zero attached hydrogens (tertiary/aromatic N) is 3. The molecule has 36 heavy (non-hydrogen) atoms. The van der Waals surface area contributed by atoms with Crippen LogP contribution in [0.25, 0.3) is 0 Å². The molecule has 13 heteroatoms. The molecule has 0 bridgehead atoms. The summed E-state index contributed by atoms with van der Waals surface area (Å²) in [4.78, 5) is 30.8. The number of halogens is 2. The maximum Gasteiger partial charge on any atom is 0.343 e. The molecule has 0 atom stereocenters. The average molecular weight is 523 g/mol. The Morgan fingerprint density at radius 2 is 1.94 bits per heavy atom. The number of nitrogens with one attached hydrogen (secondary N) is 1. The molecule has 2 aromatic rings. The van der Waals surface area contributed by atoms with E-state index in [4.69, 9.17) is 9.47 Å². The number of ether oxygens (including phenoxy) is 2. The Labute approximate surface area is 206 Å². The molecule has 0 spiro atoms. The minimum Gasteiger partial charge on any atom is -0.480 e. The van der Waals surface area contributed by atoms with Crippen molar-refractivity contribution in [1.82, 2.24) is 9.71 Å². The fraction of sp³-hybridized carbons (Fsp3) is 0.391. The monoisotopic (exact) mass is 522 g/mol. The van der Waals surface area contributed by atoms with E-state index in [0.29, 0.717) is 6.07 Å². The van der Waals surface area contributed by atoms with Gasteiger partial charge in [-0.05, 0) is 31.9 Å². The number of anilines is 1. The molecule has 0 unspecified atom stereocenters. The number of carbonyl (C=O) groups is 2. The molecule has 192 valence electrons. The number of carbonyl (C=O) groups excluding carboxylic acids is 2. The number of esters is 1. The number of rotatable bonds is 8. The van der Waals surface area contributed by atoms with Gasteiger partial charge in [-0.15, -0.1) is 0 Å². The molecule has 1 amide bonds. The molecule has 1 saturated heterocycles. The zero-order valence-electron chi connectivity index (χ0n) is 19.6. The summed E-state index contributed by atoms with van der Waals surface area (Å²) >= 11 is 0. The maximum absolute atomic E-state index is 13.8. The van der Waals surface area contributed by atoms with Crippen molar-refractivity contribution in [2.45, 2.75) is 25.5 Å². The molecular formula is C23H24F2N4O6S. The summed E-state index contributed by atoms with van der Waals surface area (Å²) in [5.41, 5.74) is -0.135. The molecule has 0 aliphatic carbocycles. The largest absolute Gasteiger partial charge is 0.480 e. The number of hydrogen-bond acceptors (Lipinski definition) is 9. The number of nitriles is 1. The van der Waals surface area contributed by atoms with E-state index in [2.05, 4.69) is 4.98 Å². The topological polar surface area (TPSA) is 139 Å². The van der Waals surface area contributed by atoms with Crippen LogP contribution in [0.4, 0.5) is 14.6 Å². The number of amides is 1. The summed E-state index contributed by atoms with van der Waals surface area (Å²) in [6.07, 6.45) is 0.501. The van der Waals surface area contributed by atoms with E-state index in [9.17, 15) is 32.0 Å². The van der Waals surface area contributed by atoms with Gasteiger partial charge in [0.05, 0.1) is 25.0 Å². The van der Waals surface area contributed by atoms with E-state index in [1.54, 1.807) is 11.8 Å². The van der Waals surface area contributed by atoms with Crippen LogP contribution < -0.4 is 14.4 Å². The second-order valence-electron chi connectivity index (χ2n) is 7.97. The Hall–Kier alpha value is -3.79. The fourth-order valence-corrected chi connectivity index (χ4v) is 4.98. The lowest BCUT2D eigenvalue weighted by molar-refractivity contribution is -0.123. The first-order valence-corrected chi connectivity index (χ1v) is 12.6. The minimum absolute atomic E-state index is 0.0108. The molecule has 1 aromatic carbocycles. The third kappa shape index (κ3) is 6.25. The van der Waals surface area contributed by atoms with E-state index in [-0.39, 0.29) is 60.9 Å². The molecule has 1 aromatic heterocycles. The number of methoxy groups -OCH3 is 1. The first-order chi connectivity index (χ1) is 17.1. The number of pyridine rings is 1. The number of hydrogen-bond donors (Lipinski definition) is 1. The van der Waals surface area contributed by atoms with Crippen molar-refractivity contribution in [2.24, 2.45) is 5.92 Å². The second-order valence-corrected chi connectivity index (χ2v) is 9.69. The Kier molecular flexibility index (Phi) is 8.41. The van der Waals surface area contributed by atoms with Crippen molar-refractivity contribution in [1.29, 1.82) is 5.26 Å². The highest BCUT2D eigenvalue weighted by atomic mass is 32.2. The van der Waals surface area contributed by atoms with Crippen molar-refractivity contribution in [2.75, 3.05) is 31.7 Å². The zero-order valence-corrected chi connectivity index (χ0v) is 20.4. The van der Waals surface area contributed by atoms with E-state index in [1.165, 1.54) is 13.2 Å². The Morgan fingerprint density at radius 1 is 1.25 bits per heavy atom. The van der Waals surface area contributed by atoms with Crippen molar-refractivity contribution in [3.8, 4) is 11.9 Å². The predicted octanol–water partition coefficient (Wildman–Crippen LogP) is 2.28. The molecule has 1 N–H and O–H groups in total. The number of benzene rings is 1. The molecule has 1 aliphatic heterocycles. The van der Waals surface area contributed by atoms with Crippen molar-refractivity contribution in [3.05, 3.63) is 52.6 Å². The summed E-state index contributed by atoms with van der Waals surface area (Å²) in [5.74, 6) is -4.49. The van der Waals surface area contributed by atoms with E-state index < -0.39 is 45.2 Å². The normalized spacial score (nSPS) is 14.1. The first kappa shape index (κ1) is 26.8.